The zero-order valence-electron chi connectivity index (χ0n) is 10.9. The Morgan fingerprint density at radius 3 is 2.44 bits per heavy atom. The van der Waals surface area contributed by atoms with Crippen molar-refractivity contribution in [2.24, 2.45) is 11.7 Å². The molecule has 1 aliphatic carbocycles. The topological polar surface area (TPSA) is 49.5 Å². The fraction of sp³-hybridized carbons (Fsp3) is 1.00. The Bertz CT molecular complexity index is 179. The van der Waals surface area contributed by atoms with Gasteiger partial charge in [0, 0.05) is 12.1 Å². The van der Waals surface area contributed by atoms with E-state index in [0.717, 1.165) is 24.9 Å². The minimum atomic E-state index is -0.0468. The van der Waals surface area contributed by atoms with E-state index >= 15 is 0 Å². The van der Waals surface area contributed by atoms with Gasteiger partial charge in [-0.2, -0.15) is 0 Å². The standard InChI is InChI=1S/C13H28N2O/c1-3-11-4-6-13(7-5-11)15(2)9-8-12(14)10-16/h11-13,16H,3-10,14H2,1-2H3. The van der Waals surface area contributed by atoms with Crippen molar-refractivity contribution in [3.05, 3.63) is 0 Å². The second kappa shape index (κ2) is 7.25. The highest BCUT2D eigenvalue weighted by Gasteiger charge is 2.22. The Labute approximate surface area is 100 Å². The van der Waals surface area contributed by atoms with E-state index in [4.69, 9.17) is 10.8 Å². The number of hydrogen-bond acceptors (Lipinski definition) is 3. The molecule has 0 heterocycles. The third-order valence-corrected chi connectivity index (χ3v) is 4.10. The molecule has 1 fully saturated rings. The van der Waals surface area contributed by atoms with E-state index in [9.17, 15) is 0 Å². The van der Waals surface area contributed by atoms with Crippen molar-refractivity contribution in [2.75, 3.05) is 20.2 Å². The summed E-state index contributed by atoms with van der Waals surface area (Å²) in [7, 11) is 2.20. The molecule has 0 saturated heterocycles. The molecule has 16 heavy (non-hydrogen) atoms. The van der Waals surface area contributed by atoms with Gasteiger partial charge in [0.2, 0.25) is 0 Å². The highest BCUT2D eigenvalue weighted by atomic mass is 16.3. The molecule has 1 aliphatic rings. The van der Waals surface area contributed by atoms with Crippen LogP contribution in [0.1, 0.15) is 45.4 Å². The van der Waals surface area contributed by atoms with E-state index in [0.29, 0.717) is 0 Å². The van der Waals surface area contributed by atoms with Crippen molar-refractivity contribution in [2.45, 2.75) is 57.5 Å². The maximum absolute atomic E-state index is 8.88. The number of nitrogens with zero attached hydrogens (tertiary/aromatic N) is 1. The van der Waals surface area contributed by atoms with Crippen LogP contribution in [0.2, 0.25) is 0 Å². The summed E-state index contributed by atoms with van der Waals surface area (Å²) in [6.45, 7) is 3.43. The van der Waals surface area contributed by atoms with Crippen LogP contribution in [0.4, 0.5) is 0 Å². The lowest BCUT2D eigenvalue weighted by Crippen LogP contribution is -2.38. The van der Waals surface area contributed by atoms with Crippen LogP contribution < -0.4 is 5.73 Å². The van der Waals surface area contributed by atoms with Crippen molar-refractivity contribution in [3.63, 3.8) is 0 Å². The van der Waals surface area contributed by atoms with E-state index in [1.807, 2.05) is 0 Å². The SMILES string of the molecule is CCC1CCC(N(C)CCC(N)CO)CC1. The molecular weight excluding hydrogens is 200 g/mol. The van der Waals surface area contributed by atoms with Gasteiger partial charge >= 0.3 is 0 Å². The van der Waals surface area contributed by atoms with E-state index < -0.39 is 0 Å². The molecule has 0 radical (unpaired) electrons. The fourth-order valence-electron chi connectivity index (χ4n) is 2.64. The molecule has 1 saturated carbocycles. The van der Waals surface area contributed by atoms with Crippen LogP contribution in [0.3, 0.4) is 0 Å². The second-order valence-electron chi connectivity index (χ2n) is 5.29. The van der Waals surface area contributed by atoms with Crippen molar-refractivity contribution >= 4 is 0 Å². The summed E-state index contributed by atoms with van der Waals surface area (Å²) in [6.07, 6.45) is 7.69. The van der Waals surface area contributed by atoms with Crippen molar-refractivity contribution in [3.8, 4) is 0 Å². The number of aliphatic hydroxyl groups excluding tert-OH is 1. The Morgan fingerprint density at radius 1 is 1.31 bits per heavy atom. The lowest BCUT2D eigenvalue weighted by Gasteiger charge is -2.34. The van der Waals surface area contributed by atoms with Crippen LogP contribution >= 0.6 is 0 Å². The van der Waals surface area contributed by atoms with Crippen LogP contribution in [0, 0.1) is 5.92 Å². The Kier molecular flexibility index (Phi) is 6.32. The molecule has 3 heteroatoms. The average molecular weight is 228 g/mol. The predicted molar refractivity (Wildman–Crippen MR) is 68.3 cm³/mol. The van der Waals surface area contributed by atoms with Crippen molar-refractivity contribution in [1.82, 2.24) is 4.90 Å². The minimum absolute atomic E-state index is 0.0468. The molecule has 0 aromatic rings. The molecule has 3 nitrogen and oxygen atoms in total. The molecule has 0 aromatic carbocycles. The summed E-state index contributed by atoms with van der Waals surface area (Å²) in [5, 5.41) is 8.88. The van der Waals surface area contributed by atoms with Crippen LogP contribution in [0.25, 0.3) is 0 Å². The quantitative estimate of drug-likeness (QED) is 0.726. The largest absolute Gasteiger partial charge is 0.395 e. The fourth-order valence-corrected chi connectivity index (χ4v) is 2.64. The van der Waals surface area contributed by atoms with Crippen LogP contribution in [0.5, 0.6) is 0 Å². The molecule has 0 bridgehead atoms. The molecule has 0 aliphatic heterocycles. The Balaban J connectivity index is 2.20. The van der Waals surface area contributed by atoms with Crippen LogP contribution in [-0.2, 0) is 0 Å². The third kappa shape index (κ3) is 4.40. The van der Waals surface area contributed by atoms with E-state index in [-0.39, 0.29) is 12.6 Å². The predicted octanol–water partition coefficient (Wildman–Crippen LogP) is 1.60. The van der Waals surface area contributed by atoms with Gasteiger partial charge in [-0.15, -0.1) is 0 Å². The van der Waals surface area contributed by atoms with Gasteiger partial charge in [-0.05, 0) is 51.6 Å². The van der Waals surface area contributed by atoms with E-state index in [2.05, 4.69) is 18.9 Å². The smallest absolute Gasteiger partial charge is 0.0583 e. The second-order valence-corrected chi connectivity index (χ2v) is 5.29. The van der Waals surface area contributed by atoms with Crippen molar-refractivity contribution < 1.29 is 5.11 Å². The molecule has 1 rings (SSSR count). The first kappa shape index (κ1) is 13.9. The van der Waals surface area contributed by atoms with Gasteiger partial charge in [-0.25, -0.2) is 0 Å². The van der Waals surface area contributed by atoms with Gasteiger partial charge in [0.1, 0.15) is 0 Å². The summed E-state index contributed by atoms with van der Waals surface area (Å²) < 4.78 is 0. The minimum Gasteiger partial charge on any atom is -0.395 e. The lowest BCUT2D eigenvalue weighted by atomic mass is 9.84. The molecule has 0 spiro atoms. The first-order valence-corrected chi connectivity index (χ1v) is 6.74. The highest BCUT2D eigenvalue weighted by Crippen LogP contribution is 2.28. The van der Waals surface area contributed by atoms with Crippen LogP contribution in [0.15, 0.2) is 0 Å². The lowest BCUT2D eigenvalue weighted by molar-refractivity contribution is 0.153. The normalized spacial score (nSPS) is 28.3. The molecule has 3 N–H and O–H groups in total. The van der Waals surface area contributed by atoms with Gasteiger partial charge in [-0.1, -0.05) is 13.3 Å². The molecule has 0 amide bonds. The number of nitrogens with two attached hydrogens (primary N) is 1. The van der Waals surface area contributed by atoms with Crippen LogP contribution in [-0.4, -0.2) is 42.3 Å². The van der Waals surface area contributed by atoms with E-state index in [1.165, 1.54) is 32.1 Å². The highest BCUT2D eigenvalue weighted by molar-refractivity contribution is 4.78. The average Bonchev–Trinajstić information content (AvgIpc) is 2.35. The maximum atomic E-state index is 8.88. The zero-order valence-corrected chi connectivity index (χ0v) is 10.9. The molecule has 96 valence electrons. The Hall–Kier alpha value is -0.120. The third-order valence-electron chi connectivity index (χ3n) is 4.10. The summed E-state index contributed by atoms with van der Waals surface area (Å²) >= 11 is 0. The van der Waals surface area contributed by atoms with Gasteiger partial charge in [0.25, 0.3) is 0 Å². The number of aliphatic hydroxyl groups is 1. The molecular formula is C13H28N2O. The van der Waals surface area contributed by atoms with Gasteiger partial charge in [0.15, 0.2) is 0 Å². The molecule has 1 unspecified atom stereocenters. The summed E-state index contributed by atoms with van der Waals surface area (Å²) in [4.78, 5) is 2.43. The summed E-state index contributed by atoms with van der Waals surface area (Å²) in [5.74, 6) is 0.962. The Morgan fingerprint density at radius 2 is 1.94 bits per heavy atom. The van der Waals surface area contributed by atoms with E-state index in [1.54, 1.807) is 0 Å². The molecule has 1 atom stereocenters. The molecule has 0 aromatic heterocycles. The number of hydrogen-bond donors (Lipinski definition) is 2. The summed E-state index contributed by atoms with van der Waals surface area (Å²) in [6, 6.07) is 0.697. The zero-order chi connectivity index (χ0) is 12.0. The number of rotatable bonds is 6. The summed E-state index contributed by atoms with van der Waals surface area (Å²) in [5.41, 5.74) is 5.72. The maximum Gasteiger partial charge on any atom is 0.0583 e. The van der Waals surface area contributed by atoms with Crippen molar-refractivity contribution in [1.29, 1.82) is 0 Å². The van der Waals surface area contributed by atoms with Gasteiger partial charge in [-0.3, -0.25) is 0 Å². The first-order valence-electron chi connectivity index (χ1n) is 6.74. The monoisotopic (exact) mass is 228 g/mol. The van der Waals surface area contributed by atoms with Gasteiger partial charge < -0.3 is 15.7 Å². The first-order chi connectivity index (χ1) is 7.67. The van der Waals surface area contributed by atoms with Gasteiger partial charge in [0.05, 0.1) is 6.61 Å².